The summed E-state index contributed by atoms with van der Waals surface area (Å²) in [7, 11) is 1.75. The lowest BCUT2D eigenvalue weighted by Gasteiger charge is -2.24. The quantitative estimate of drug-likeness (QED) is 0.771. The maximum absolute atomic E-state index is 5.42. The molecule has 1 N–H and O–H groups in total. The Kier molecular flexibility index (Phi) is 5.49. The maximum Gasteiger partial charge on any atom is 0.0755 e. The predicted octanol–water partition coefficient (Wildman–Crippen LogP) is 1.98. The van der Waals surface area contributed by atoms with E-state index in [1.54, 1.807) is 7.11 Å². The van der Waals surface area contributed by atoms with Crippen LogP contribution in [-0.4, -0.2) is 29.5 Å². The lowest BCUT2D eigenvalue weighted by Crippen LogP contribution is -2.33. The molecule has 2 atom stereocenters. The van der Waals surface area contributed by atoms with Crippen molar-refractivity contribution >= 4 is 0 Å². The Balaban J connectivity index is 2.86. The lowest BCUT2D eigenvalue weighted by atomic mass is 10.1. The van der Waals surface area contributed by atoms with Crippen LogP contribution in [0.15, 0.2) is 12.3 Å². The Morgan fingerprint density at radius 2 is 2.25 bits per heavy atom. The monoisotopic (exact) mass is 225 g/mol. The first kappa shape index (κ1) is 13.2. The van der Waals surface area contributed by atoms with Gasteiger partial charge in [0.05, 0.1) is 17.8 Å². The Hall–Kier alpha value is -0.870. The number of likely N-dealkylation sites (N-methyl/N-ethyl adjacent to an activating group) is 1. The average molecular weight is 225 g/mol. The predicted molar refractivity (Wildman–Crippen MR) is 65.4 cm³/mol. The average Bonchev–Trinajstić information content (AvgIpc) is 2.73. The van der Waals surface area contributed by atoms with E-state index in [-0.39, 0.29) is 12.1 Å². The number of methoxy groups -OCH3 is 1. The van der Waals surface area contributed by atoms with Crippen LogP contribution in [0.25, 0.3) is 0 Å². The first-order valence-corrected chi connectivity index (χ1v) is 6.02. The van der Waals surface area contributed by atoms with E-state index in [2.05, 4.69) is 41.9 Å². The van der Waals surface area contributed by atoms with Crippen LogP contribution in [0.5, 0.6) is 0 Å². The minimum absolute atomic E-state index is 0.146. The van der Waals surface area contributed by atoms with E-state index >= 15 is 0 Å². The molecule has 2 unspecified atom stereocenters. The van der Waals surface area contributed by atoms with Crippen LogP contribution in [0.3, 0.4) is 0 Å². The molecule has 0 fully saturated rings. The van der Waals surface area contributed by atoms with Crippen molar-refractivity contribution in [3.05, 3.63) is 18.0 Å². The second-order valence-corrected chi connectivity index (χ2v) is 3.96. The van der Waals surface area contributed by atoms with Gasteiger partial charge < -0.3 is 10.1 Å². The van der Waals surface area contributed by atoms with Gasteiger partial charge in [-0.2, -0.15) is 5.10 Å². The third-order valence-corrected chi connectivity index (χ3v) is 2.77. The molecule has 1 aromatic rings. The first-order chi connectivity index (χ1) is 7.74. The highest BCUT2D eigenvalue weighted by Gasteiger charge is 2.21. The van der Waals surface area contributed by atoms with Crippen LogP contribution >= 0.6 is 0 Å². The summed E-state index contributed by atoms with van der Waals surface area (Å²) in [6.07, 6.45) is 3.10. The molecule has 1 heterocycles. The molecular formula is C12H23N3O. The number of hydrogen-bond donors (Lipinski definition) is 1. The summed E-state index contributed by atoms with van der Waals surface area (Å²) in [6, 6.07) is 2.28. The smallest absolute Gasteiger partial charge is 0.0755 e. The normalized spacial score (nSPS) is 15.0. The molecule has 0 saturated carbocycles. The number of ether oxygens (including phenoxy) is 1. The number of nitrogens with zero attached hydrogens (tertiary/aromatic N) is 2. The first-order valence-electron chi connectivity index (χ1n) is 6.02. The molecule has 1 aromatic heterocycles. The van der Waals surface area contributed by atoms with Crippen molar-refractivity contribution in [1.29, 1.82) is 0 Å². The van der Waals surface area contributed by atoms with Gasteiger partial charge in [-0.3, -0.25) is 4.68 Å². The van der Waals surface area contributed by atoms with E-state index in [0.717, 1.165) is 19.5 Å². The molecule has 1 rings (SSSR count). The minimum atomic E-state index is 0.146. The fraction of sp³-hybridized carbons (Fsp3) is 0.750. The summed E-state index contributed by atoms with van der Waals surface area (Å²) < 4.78 is 7.48. The van der Waals surface area contributed by atoms with E-state index < -0.39 is 0 Å². The van der Waals surface area contributed by atoms with E-state index in [0.29, 0.717) is 0 Å². The number of nitrogens with one attached hydrogen (secondary N) is 1. The van der Waals surface area contributed by atoms with Gasteiger partial charge in [-0.15, -0.1) is 0 Å². The Morgan fingerprint density at radius 1 is 1.50 bits per heavy atom. The second kappa shape index (κ2) is 6.66. The summed E-state index contributed by atoms with van der Waals surface area (Å²) in [4.78, 5) is 0. The largest absolute Gasteiger partial charge is 0.380 e. The third-order valence-electron chi connectivity index (χ3n) is 2.77. The lowest BCUT2D eigenvalue weighted by molar-refractivity contribution is 0.0805. The fourth-order valence-electron chi connectivity index (χ4n) is 1.87. The SMILES string of the molecule is CCCn1nccc1C(NCC)C(C)OC. The molecule has 0 aliphatic heterocycles. The van der Waals surface area contributed by atoms with Gasteiger partial charge in [-0.25, -0.2) is 0 Å². The van der Waals surface area contributed by atoms with Crippen LogP contribution in [0, 0.1) is 0 Å². The van der Waals surface area contributed by atoms with E-state index in [1.807, 2.05) is 6.20 Å². The van der Waals surface area contributed by atoms with Crippen molar-refractivity contribution in [1.82, 2.24) is 15.1 Å². The van der Waals surface area contributed by atoms with Crippen molar-refractivity contribution in [3.63, 3.8) is 0 Å². The minimum Gasteiger partial charge on any atom is -0.380 e. The van der Waals surface area contributed by atoms with Gasteiger partial charge in [0.1, 0.15) is 0 Å². The van der Waals surface area contributed by atoms with Crippen molar-refractivity contribution < 1.29 is 4.74 Å². The molecule has 0 spiro atoms. The summed E-state index contributed by atoms with van der Waals surface area (Å²) in [5, 5.41) is 7.80. The van der Waals surface area contributed by atoms with Crippen molar-refractivity contribution in [2.24, 2.45) is 0 Å². The summed E-state index contributed by atoms with van der Waals surface area (Å²) in [5.41, 5.74) is 1.21. The summed E-state index contributed by atoms with van der Waals surface area (Å²) in [6.45, 7) is 8.23. The van der Waals surface area contributed by atoms with Crippen molar-refractivity contribution in [2.45, 2.75) is 45.9 Å². The Bertz CT molecular complexity index is 298. The Morgan fingerprint density at radius 3 is 2.81 bits per heavy atom. The van der Waals surface area contributed by atoms with Crippen molar-refractivity contribution in [3.8, 4) is 0 Å². The molecule has 0 aromatic carbocycles. The third kappa shape index (κ3) is 3.06. The van der Waals surface area contributed by atoms with Crippen LogP contribution in [0.4, 0.5) is 0 Å². The van der Waals surface area contributed by atoms with Crippen molar-refractivity contribution in [2.75, 3.05) is 13.7 Å². The molecule has 0 bridgehead atoms. The number of hydrogen-bond acceptors (Lipinski definition) is 3. The standard InChI is InChI=1S/C12H23N3O/c1-5-9-15-11(7-8-14-15)12(13-6-2)10(3)16-4/h7-8,10,12-13H,5-6,9H2,1-4H3. The van der Waals surface area contributed by atoms with E-state index in [9.17, 15) is 0 Å². The summed E-state index contributed by atoms with van der Waals surface area (Å²) in [5.74, 6) is 0. The zero-order chi connectivity index (χ0) is 12.0. The van der Waals surface area contributed by atoms with Crippen LogP contribution < -0.4 is 5.32 Å². The van der Waals surface area contributed by atoms with Crippen LogP contribution in [0.2, 0.25) is 0 Å². The van der Waals surface area contributed by atoms with Gasteiger partial charge in [-0.1, -0.05) is 13.8 Å². The van der Waals surface area contributed by atoms with Gasteiger partial charge >= 0.3 is 0 Å². The van der Waals surface area contributed by atoms with E-state index in [1.165, 1.54) is 5.69 Å². The highest BCUT2D eigenvalue weighted by Crippen LogP contribution is 2.18. The molecule has 16 heavy (non-hydrogen) atoms. The molecule has 92 valence electrons. The fourth-order valence-corrected chi connectivity index (χ4v) is 1.87. The maximum atomic E-state index is 5.42. The molecule has 0 aliphatic carbocycles. The highest BCUT2D eigenvalue weighted by atomic mass is 16.5. The number of aryl methyl sites for hydroxylation is 1. The van der Waals surface area contributed by atoms with Crippen LogP contribution in [0.1, 0.15) is 38.9 Å². The van der Waals surface area contributed by atoms with Gasteiger partial charge in [0.15, 0.2) is 0 Å². The number of rotatable bonds is 7. The summed E-state index contributed by atoms with van der Waals surface area (Å²) >= 11 is 0. The van der Waals surface area contributed by atoms with Crippen LogP contribution in [-0.2, 0) is 11.3 Å². The Labute approximate surface area is 98.0 Å². The molecule has 0 aliphatic rings. The zero-order valence-electron chi connectivity index (χ0n) is 10.7. The van der Waals surface area contributed by atoms with Gasteiger partial charge in [0, 0.05) is 19.9 Å². The molecule has 4 nitrogen and oxygen atoms in total. The van der Waals surface area contributed by atoms with E-state index in [4.69, 9.17) is 4.74 Å². The van der Waals surface area contributed by atoms with Gasteiger partial charge in [-0.05, 0) is 26.0 Å². The van der Waals surface area contributed by atoms with Gasteiger partial charge in [0.2, 0.25) is 0 Å². The molecule has 4 heteroatoms. The van der Waals surface area contributed by atoms with Gasteiger partial charge in [0.25, 0.3) is 0 Å². The molecule has 0 saturated heterocycles. The number of aromatic nitrogens is 2. The zero-order valence-corrected chi connectivity index (χ0v) is 10.7. The second-order valence-electron chi connectivity index (χ2n) is 3.96. The topological polar surface area (TPSA) is 39.1 Å². The molecule has 0 amide bonds. The molecule has 0 radical (unpaired) electrons. The highest BCUT2D eigenvalue weighted by molar-refractivity contribution is 5.09. The molecular weight excluding hydrogens is 202 g/mol.